The highest BCUT2D eigenvalue weighted by Crippen LogP contribution is 2.21. The number of piperazine rings is 1. The summed E-state index contributed by atoms with van der Waals surface area (Å²) in [5.74, 6) is 0.479. The Morgan fingerprint density at radius 2 is 1.96 bits per heavy atom. The number of nitrogens with zero attached hydrogens (tertiary/aromatic N) is 6. The zero-order valence-electron chi connectivity index (χ0n) is 15.6. The van der Waals surface area contributed by atoms with Crippen LogP contribution in [0, 0.1) is 0 Å². The summed E-state index contributed by atoms with van der Waals surface area (Å²) in [7, 11) is 3.98. The van der Waals surface area contributed by atoms with E-state index in [1.165, 1.54) is 0 Å². The van der Waals surface area contributed by atoms with E-state index in [1.807, 2.05) is 31.4 Å². The molecule has 1 aliphatic rings. The van der Waals surface area contributed by atoms with Crippen LogP contribution in [-0.2, 0) is 11.8 Å². The number of hydrogen-bond donors (Lipinski definition) is 1. The zero-order valence-corrected chi connectivity index (χ0v) is 15.6. The van der Waals surface area contributed by atoms with Crippen molar-refractivity contribution in [2.75, 3.05) is 45.1 Å². The number of carbonyl (C=O) groups excluding carboxylic acids is 1. The van der Waals surface area contributed by atoms with Gasteiger partial charge in [0.05, 0.1) is 24.0 Å². The molecule has 1 aliphatic heterocycles. The van der Waals surface area contributed by atoms with Crippen molar-refractivity contribution in [1.82, 2.24) is 29.5 Å². The quantitative estimate of drug-likeness (QED) is 0.749. The first-order valence-corrected chi connectivity index (χ1v) is 9.03. The van der Waals surface area contributed by atoms with Gasteiger partial charge in [-0.2, -0.15) is 5.10 Å². The van der Waals surface area contributed by atoms with Crippen molar-refractivity contribution in [2.45, 2.75) is 0 Å². The molecular weight excluding hydrogens is 342 g/mol. The van der Waals surface area contributed by atoms with Crippen molar-refractivity contribution in [2.24, 2.45) is 7.05 Å². The molecular formula is C19H23N7O. The number of aryl methyl sites for hydroxylation is 1. The van der Waals surface area contributed by atoms with E-state index in [1.54, 1.807) is 17.1 Å². The van der Waals surface area contributed by atoms with Crippen LogP contribution in [0.25, 0.3) is 22.2 Å². The van der Waals surface area contributed by atoms with E-state index in [0.29, 0.717) is 12.4 Å². The van der Waals surface area contributed by atoms with Gasteiger partial charge in [0.25, 0.3) is 0 Å². The highest BCUT2D eigenvalue weighted by molar-refractivity contribution is 5.93. The highest BCUT2D eigenvalue weighted by Gasteiger charge is 2.17. The number of carbonyl (C=O) groups is 1. The van der Waals surface area contributed by atoms with Gasteiger partial charge in [-0.1, -0.05) is 0 Å². The van der Waals surface area contributed by atoms with Gasteiger partial charge >= 0.3 is 0 Å². The van der Waals surface area contributed by atoms with Gasteiger partial charge in [0, 0.05) is 62.6 Å². The zero-order chi connectivity index (χ0) is 18.8. The summed E-state index contributed by atoms with van der Waals surface area (Å²) in [6.07, 6.45) is 5.45. The first kappa shape index (κ1) is 17.6. The van der Waals surface area contributed by atoms with Crippen molar-refractivity contribution >= 4 is 22.6 Å². The fourth-order valence-electron chi connectivity index (χ4n) is 3.19. The van der Waals surface area contributed by atoms with Gasteiger partial charge in [-0.3, -0.25) is 14.4 Å². The van der Waals surface area contributed by atoms with Crippen molar-refractivity contribution in [3.05, 3.63) is 36.8 Å². The van der Waals surface area contributed by atoms with Crippen LogP contribution in [0.3, 0.4) is 0 Å². The minimum atomic E-state index is -0.0465. The Bertz CT molecular complexity index is 960. The molecule has 0 aromatic carbocycles. The van der Waals surface area contributed by atoms with E-state index in [2.05, 4.69) is 32.2 Å². The van der Waals surface area contributed by atoms with Crippen LogP contribution in [-0.4, -0.2) is 75.2 Å². The summed E-state index contributed by atoms with van der Waals surface area (Å²) >= 11 is 0. The molecule has 0 unspecified atom stereocenters. The van der Waals surface area contributed by atoms with Gasteiger partial charge in [-0.25, -0.2) is 9.97 Å². The van der Waals surface area contributed by atoms with Gasteiger partial charge in [0.1, 0.15) is 5.82 Å². The SMILES string of the molecule is CN1CCN(CC(=O)Nc2cc3nc(-c4cnn(C)c4)ccc3cn2)CC1. The maximum atomic E-state index is 12.4. The molecule has 140 valence electrons. The Balaban J connectivity index is 1.48. The molecule has 1 saturated heterocycles. The first-order chi connectivity index (χ1) is 13.1. The van der Waals surface area contributed by atoms with Crippen LogP contribution in [0.2, 0.25) is 0 Å². The standard InChI is InChI=1S/C19H23N7O/c1-24-5-7-26(8-6-24)13-19(27)23-18-9-17-14(10-20-18)3-4-16(22-17)15-11-21-25(2)12-15/h3-4,9-12H,5-8,13H2,1-2H3,(H,20,23,27). The van der Waals surface area contributed by atoms with E-state index >= 15 is 0 Å². The summed E-state index contributed by atoms with van der Waals surface area (Å²) in [6, 6.07) is 5.75. The number of aromatic nitrogens is 4. The second kappa shape index (κ2) is 7.42. The lowest BCUT2D eigenvalue weighted by Gasteiger charge is -2.31. The van der Waals surface area contributed by atoms with Crippen LogP contribution >= 0.6 is 0 Å². The summed E-state index contributed by atoms with van der Waals surface area (Å²) in [5, 5.41) is 8.01. The Morgan fingerprint density at radius 1 is 1.15 bits per heavy atom. The number of hydrogen-bond acceptors (Lipinski definition) is 6. The van der Waals surface area contributed by atoms with Gasteiger partial charge in [0.15, 0.2) is 0 Å². The number of likely N-dealkylation sites (N-methyl/N-ethyl adjacent to an activating group) is 1. The number of amides is 1. The number of rotatable bonds is 4. The van der Waals surface area contributed by atoms with E-state index in [9.17, 15) is 4.79 Å². The lowest BCUT2D eigenvalue weighted by molar-refractivity contribution is -0.117. The second-order valence-electron chi connectivity index (χ2n) is 6.99. The van der Waals surface area contributed by atoms with Crippen LogP contribution in [0.15, 0.2) is 36.8 Å². The third kappa shape index (κ3) is 4.12. The molecule has 1 fully saturated rings. The predicted octanol–water partition coefficient (Wildman–Crippen LogP) is 1.22. The lowest BCUT2D eigenvalue weighted by atomic mass is 10.2. The third-order valence-corrected chi connectivity index (χ3v) is 4.80. The third-order valence-electron chi connectivity index (χ3n) is 4.80. The average molecular weight is 365 g/mol. The topological polar surface area (TPSA) is 79.2 Å². The number of nitrogens with one attached hydrogen (secondary N) is 1. The van der Waals surface area contributed by atoms with E-state index in [-0.39, 0.29) is 5.91 Å². The Labute approximate surface area is 157 Å². The molecule has 3 aromatic rings. The highest BCUT2D eigenvalue weighted by atomic mass is 16.2. The number of anilines is 1. The molecule has 4 rings (SSSR count). The maximum Gasteiger partial charge on any atom is 0.239 e. The molecule has 0 spiro atoms. The predicted molar refractivity (Wildman–Crippen MR) is 104 cm³/mol. The molecule has 4 heterocycles. The van der Waals surface area contributed by atoms with Crippen LogP contribution in [0.4, 0.5) is 5.82 Å². The molecule has 1 amide bonds. The normalized spacial score (nSPS) is 15.9. The summed E-state index contributed by atoms with van der Waals surface area (Å²) in [4.78, 5) is 25.8. The molecule has 0 radical (unpaired) electrons. The maximum absolute atomic E-state index is 12.4. The molecule has 8 nitrogen and oxygen atoms in total. The van der Waals surface area contributed by atoms with E-state index in [0.717, 1.165) is 48.3 Å². The fraction of sp³-hybridized carbons (Fsp3) is 0.368. The van der Waals surface area contributed by atoms with Crippen molar-refractivity contribution in [3.63, 3.8) is 0 Å². The first-order valence-electron chi connectivity index (χ1n) is 9.03. The van der Waals surface area contributed by atoms with E-state index in [4.69, 9.17) is 4.98 Å². The lowest BCUT2D eigenvalue weighted by Crippen LogP contribution is -2.47. The summed E-state index contributed by atoms with van der Waals surface area (Å²) < 4.78 is 1.75. The van der Waals surface area contributed by atoms with Crippen molar-refractivity contribution in [3.8, 4) is 11.3 Å². The van der Waals surface area contributed by atoms with Crippen molar-refractivity contribution in [1.29, 1.82) is 0 Å². The van der Waals surface area contributed by atoms with Gasteiger partial charge in [-0.15, -0.1) is 0 Å². The molecule has 27 heavy (non-hydrogen) atoms. The molecule has 3 aromatic heterocycles. The molecule has 0 aliphatic carbocycles. The average Bonchev–Trinajstić information content (AvgIpc) is 3.09. The monoisotopic (exact) mass is 365 g/mol. The minimum Gasteiger partial charge on any atom is -0.310 e. The molecule has 0 atom stereocenters. The van der Waals surface area contributed by atoms with Crippen LogP contribution in [0.1, 0.15) is 0 Å². The van der Waals surface area contributed by atoms with Gasteiger partial charge in [0.2, 0.25) is 5.91 Å². The fourth-order valence-corrected chi connectivity index (χ4v) is 3.19. The summed E-state index contributed by atoms with van der Waals surface area (Å²) in [5.41, 5.74) is 2.59. The van der Waals surface area contributed by atoms with Crippen LogP contribution < -0.4 is 5.32 Å². The van der Waals surface area contributed by atoms with Crippen molar-refractivity contribution < 1.29 is 4.79 Å². The molecule has 1 N–H and O–H groups in total. The molecule has 8 heteroatoms. The second-order valence-corrected chi connectivity index (χ2v) is 6.99. The minimum absolute atomic E-state index is 0.0465. The van der Waals surface area contributed by atoms with Gasteiger partial charge in [-0.05, 0) is 19.2 Å². The van der Waals surface area contributed by atoms with Gasteiger partial charge < -0.3 is 10.2 Å². The van der Waals surface area contributed by atoms with E-state index < -0.39 is 0 Å². The molecule has 0 bridgehead atoms. The smallest absolute Gasteiger partial charge is 0.239 e. The van der Waals surface area contributed by atoms with Crippen LogP contribution in [0.5, 0.6) is 0 Å². The summed E-state index contributed by atoms with van der Waals surface area (Å²) in [6.45, 7) is 4.18. The number of pyridine rings is 2. The Morgan fingerprint density at radius 3 is 2.70 bits per heavy atom. The molecule has 0 saturated carbocycles. The Kier molecular flexibility index (Phi) is 4.83. The number of fused-ring (bicyclic) bond motifs is 1. The largest absolute Gasteiger partial charge is 0.310 e. The Hall–Kier alpha value is -2.84.